The maximum absolute atomic E-state index is 12.1. The lowest BCUT2D eigenvalue weighted by Gasteiger charge is -2.20. The summed E-state index contributed by atoms with van der Waals surface area (Å²) in [5, 5.41) is 11.6. The van der Waals surface area contributed by atoms with E-state index in [1.165, 1.54) is 16.7 Å². The molecule has 1 aromatic rings. The fraction of sp³-hybridized carbons (Fsp3) is 0.400. The molecule has 5 heteroatoms. The average molecular weight is 341 g/mol. The van der Waals surface area contributed by atoms with Gasteiger partial charge in [0.2, 0.25) is 0 Å². The first-order valence-corrected chi connectivity index (χ1v) is 8.65. The van der Waals surface area contributed by atoms with Gasteiger partial charge in [0.15, 0.2) is 0 Å². The number of benzene rings is 1. The molecule has 0 radical (unpaired) electrons. The second-order valence-corrected chi connectivity index (χ2v) is 6.80. The molecule has 1 aromatic carbocycles. The van der Waals surface area contributed by atoms with E-state index in [-0.39, 0.29) is 18.4 Å². The predicted molar refractivity (Wildman–Crippen MR) is 95.2 cm³/mol. The molecule has 0 fully saturated rings. The Kier molecular flexibility index (Phi) is 4.93. The molecule has 0 saturated heterocycles. The quantitative estimate of drug-likeness (QED) is 0.856. The number of hydrogen-bond donors (Lipinski definition) is 2. The van der Waals surface area contributed by atoms with Crippen LogP contribution in [-0.2, 0) is 9.53 Å². The molecule has 3 rings (SSSR count). The third-order valence-electron chi connectivity index (χ3n) is 4.78. The first-order valence-electron chi connectivity index (χ1n) is 8.65. The molecular weight excluding hydrogens is 318 g/mol. The minimum atomic E-state index is -1.06. The van der Waals surface area contributed by atoms with Crippen molar-refractivity contribution in [1.29, 1.82) is 0 Å². The van der Waals surface area contributed by atoms with Gasteiger partial charge in [0.1, 0.15) is 12.6 Å². The van der Waals surface area contributed by atoms with Crippen molar-refractivity contribution < 1.29 is 19.4 Å². The molecular formula is C20H23NO4. The van der Waals surface area contributed by atoms with Gasteiger partial charge >= 0.3 is 12.1 Å². The molecule has 2 atom stereocenters. The number of aliphatic carboxylic acids is 1. The van der Waals surface area contributed by atoms with E-state index in [9.17, 15) is 9.59 Å². The lowest BCUT2D eigenvalue weighted by Crippen LogP contribution is -2.44. The molecule has 0 bridgehead atoms. The van der Waals surface area contributed by atoms with Gasteiger partial charge in [-0.2, -0.15) is 0 Å². The van der Waals surface area contributed by atoms with Crippen LogP contribution in [0.25, 0.3) is 5.57 Å². The fourth-order valence-electron chi connectivity index (χ4n) is 3.52. The van der Waals surface area contributed by atoms with Crippen molar-refractivity contribution in [3.63, 3.8) is 0 Å². The van der Waals surface area contributed by atoms with Crippen LogP contribution in [0.5, 0.6) is 0 Å². The fourth-order valence-corrected chi connectivity index (χ4v) is 3.52. The maximum Gasteiger partial charge on any atom is 0.407 e. The standard InChI is InChI=1S/C20H23NO4/c1-12(2)18(19(22)23)21-20(24)25-11-17-15-9-5-3-7-13(15)14-8-4-6-10-16(14)17/h3,5,7-10,12,17-18H,4,6,11H2,1-2H3,(H,21,24)(H,22,23)/t17?,18-/m0/s1. The molecule has 0 heterocycles. The number of hydrogen-bond acceptors (Lipinski definition) is 3. The Labute approximate surface area is 147 Å². The van der Waals surface area contributed by atoms with Crippen molar-refractivity contribution in [2.75, 3.05) is 6.61 Å². The van der Waals surface area contributed by atoms with E-state index < -0.39 is 18.1 Å². The van der Waals surface area contributed by atoms with Crippen LogP contribution >= 0.6 is 0 Å². The summed E-state index contributed by atoms with van der Waals surface area (Å²) in [6.45, 7) is 3.70. The van der Waals surface area contributed by atoms with Gasteiger partial charge in [0.05, 0.1) is 0 Å². The van der Waals surface area contributed by atoms with Crippen molar-refractivity contribution >= 4 is 17.6 Å². The van der Waals surface area contributed by atoms with Crippen molar-refractivity contribution in [1.82, 2.24) is 5.32 Å². The van der Waals surface area contributed by atoms with Gasteiger partial charge in [0.25, 0.3) is 0 Å². The molecule has 0 aromatic heterocycles. The number of rotatable bonds is 5. The first-order chi connectivity index (χ1) is 12.0. The zero-order valence-electron chi connectivity index (χ0n) is 14.5. The summed E-state index contributed by atoms with van der Waals surface area (Å²) in [5.41, 5.74) is 4.81. The summed E-state index contributed by atoms with van der Waals surface area (Å²) in [7, 11) is 0. The van der Waals surface area contributed by atoms with E-state index in [1.54, 1.807) is 13.8 Å². The summed E-state index contributed by atoms with van der Waals surface area (Å²) in [5.74, 6) is -1.26. The summed E-state index contributed by atoms with van der Waals surface area (Å²) < 4.78 is 5.38. The SMILES string of the molecule is CC(C)[C@H](NC(=O)OCC1C2=CCCC=C2c2ccccc21)C(=O)O. The molecule has 1 unspecified atom stereocenters. The zero-order chi connectivity index (χ0) is 18.0. The Balaban J connectivity index is 1.71. The van der Waals surface area contributed by atoms with Crippen LogP contribution < -0.4 is 5.32 Å². The molecule has 1 amide bonds. The highest BCUT2D eigenvalue weighted by Crippen LogP contribution is 2.47. The summed E-state index contributed by atoms with van der Waals surface area (Å²) in [6, 6.07) is 7.22. The summed E-state index contributed by atoms with van der Waals surface area (Å²) in [6.07, 6.45) is 5.79. The van der Waals surface area contributed by atoms with Gasteiger partial charge in [-0.25, -0.2) is 9.59 Å². The average Bonchev–Trinajstić information content (AvgIpc) is 2.91. The minimum Gasteiger partial charge on any atom is -0.480 e. The van der Waals surface area contributed by atoms with Crippen molar-refractivity contribution in [2.45, 2.75) is 38.6 Å². The van der Waals surface area contributed by atoms with Crippen LogP contribution in [0.3, 0.4) is 0 Å². The third kappa shape index (κ3) is 3.45. The van der Waals surface area contributed by atoms with Crippen LogP contribution in [-0.4, -0.2) is 29.8 Å². The Bertz CT molecular complexity index is 748. The molecule has 0 saturated carbocycles. The Morgan fingerprint density at radius 2 is 1.96 bits per heavy atom. The van der Waals surface area contributed by atoms with E-state index in [1.807, 2.05) is 12.1 Å². The number of allylic oxidation sites excluding steroid dienone is 3. The van der Waals surface area contributed by atoms with E-state index >= 15 is 0 Å². The van der Waals surface area contributed by atoms with Gasteiger partial charge < -0.3 is 15.2 Å². The largest absolute Gasteiger partial charge is 0.480 e. The zero-order valence-corrected chi connectivity index (χ0v) is 14.5. The monoisotopic (exact) mass is 341 g/mol. The molecule has 0 aliphatic heterocycles. The van der Waals surface area contributed by atoms with Crippen LogP contribution in [0.15, 0.2) is 42.0 Å². The van der Waals surface area contributed by atoms with Crippen LogP contribution in [0, 0.1) is 5.92 Å². The second kappa shape index (κ2) is 7.13. The number of fused-ring (bicyclic) bond motifs is 3. The summed E-state index contributed by atoms with van der Waals surface area (Å²) >= 11 is 0. The molecule has 25 heavy (non-hydrogen) atoms. The smallest absolute Gasteiger partial charge is 0.407 e. The topological polar surface area (TPSA) is 75.6 Å². The summed E-state index contributed by atoms with van der Waals surface area (Å²) in [4.78, 5) is 23.3. The number of nitrogens with one attached hydrogen (secondary N) is 1. The number of amides is 1. The van der Waals surface area contributed by atoms with Gasteiger partial charge in [-0.1, -0.05) is 50.3 Å². The number of alkyl carbamates (subject to hydrolysis) is 1. The highest BCUT2D eigenvalue weighted by molar-refractivity contribution is 5.88. The van der Waals surface area contributed by atoms with Gasteiger partial charge in [0, 0.05) is 5.92 Å². The Hall–Kier alpha value is -2.56. The number of carboxylic acids is 1. The second-order valence-electron chi connectivity index (χ2n) is 6.80. The Morgan fingerprint density at radius 1 is 1.24 bits per heavy atom. The number of ether oxygens (including phenoxy) is 1. The predicted octanol–water partition coefficient (Wildman–Crippen LogP) is 3.72. The minimum absolute atomic E-state index is 0.0100. The first kappa shape index (κ1) is 17.3. The Morgan fingerprint density at radius 3 is 2.68 bits per heavy atom. The van der Waals surface area contributed by atoms with E-state index in [0.29, 0.717) is 0 Å². The van der Waals surface area contributed by atoms with Crippen LogP contribution in [0.2, 0.25) is 0 Å². The molecule has 5 nitrogen and oxygen atoms in total. The number of carbonyl (C=O) groups excluding carboxylic acids is 1. The highest BCUT2D eigenvalue weighted by atomic mass is 16.5. The molecule has 132 valence electrons. The number of carboxylic acid groups (broad SMARTS) is 1. The number of carbonyl (C=O) groups is 2. The van der Waals surface area contributed by atoms with Crippen molar-refractivity contribution in [2.24, 2.45) is 5.92 Å². The molecule has 2 aliphatic rings. The lowest BCUT2D eigenvalue weighted by molar-refractivity contribution is -0.140. The van der Waals surface area contributed by atoms with Gasteiger partial charge in [-0.3, -0.25) is 0 Å². The van der Waals surface area contributed by atoms with Crippen LogP contribution in [0.1, 0.15) is 43.7 Å². The van der Waals surface area contributed by atoms with Gasteiger partial charge in [-0.05, 0) is 41.0 Å². The molecule has 2 aliphatic carbocycles. The van der Waals surface area contributed by atoms with E-state index in [2.05, 4.69) is 29.6 Å². The lowest BCUT2D eigenvalue weighted by atomic mass is 9.93. The third-order valence-corrected chi connectivity index (χ3v) is 4.78. The van der Waals surface area contributed by atoms with E-state index in [0.717, 1.165) is 18.4 Å². The molecule has 2 N–H and O–H groups in total. The van der Waals surface area contributed by atoms with Crippen LogP contribution in [0.4, 0.5) is 4.79 Å². The normalized spacial score (nSPS) is 19.4. The van der Waals surface area contributed by atoms with Crippen molar-refractivity contribution in [3.8, 4) is 0 Å². The maximum atomic E-state index is 12.1. The van der Waals surface area contributed by atoms with E-state index in [4.69, 9.17) is 9.84 Å². The molecule has 0 spiro atoms. The van der Waals surface area contributed by atoms with Gasteiger partial charge in [-0.15, -0.1) is 0 Å². The van der Waals surface area contributed by atoms with Crippen molar-refractivity contribution in [3.05, 3.63) is 53.1 Å². The highest BCUT2D eigenvalue weighted by Gasteiger charge is 2.33.